The van der Waals surface area contributed by atoms with Crippen LogP contribution in [0.1, 0.15) is 127 Å². The molecule has 4 saturated carbocycles. The van der Waals surface area contributed by atoms with Crippen molar-refractivity contribution >= 4 is 5.97 Å². The highest BCUT2D eigenvalue weighted by Gasteiger charge is 2.71. The average Bonchev–Trinajstić information content (AvgIpc) is 0.676. The minimum absolute atomic E-state index is 0.0565. The van der Waals surface area contributed by atoms with E-state index in [2.05, 4.69) is 54.5 Å². The Bertz CT molecular complexity index is 2670. The largest absolute Gasteiger partial charge is 0.432 e. The molecule has 17 N–H and O–H groups in total. The first-order valence-electron chi connectivity index (χ1n) is 34.0. The van der Waals surface area contributed by atoms with Gasteiger partial charge in [0.25, 0.3) is 0 Å². The van der Waals surface area contributed by atoms with Crippen LogP contribution in [0.4, 0.5) is 0 Å². The van der Waals surface area contributed by atoms with Crippen LogP contribution in [-0.4, -0.2) is 303 Å². The van der Waals surface area contributed by atoms with E-state index >= 15 is 4.79 Å². The zero-order chi connectivity index (χ0) is 69.3. The fourth-order valence-electron chi connectivity index (χ4n) is 19.0. The number of carbonyl (C=O) groups is 1. The molecule has 0 amide bonds. The molecular formula is C65H106O30. The lowest BCUT2D eigenvalue weighted by atomic mass is 9.33. The zero-order valence-corrected chi connectivity index (χ0v) is 55.4. The van der Waals surface area contributed by atoms with Crippen molar-refractivity contribution in [3.8, 4) is 0 Å². The molecule has 37 atom stereocenters. The highest BCUT2D eigenvalue weighted by molar-refractivity contribution is 5.79. The van der Waals surface area contributed by atoms with Crippen molar-refractivity contribution in [2.24, 2.45) is 50.2 Å². The third-order valence-electron chi connectivity index (χ3n) is 25.2. The summed E-state index contributed by atoms with van der Waals surface area (Å²) < 4.78 is 71.6. The van der Waals surface area contributed by atoms with Gasteiger partial charge in [0.15, 0.2) is 31.5 Å². The number of esters is 1. The Balaban J connectivity index is 0.772. The van der Waals surface area contributed by atoms with Gasteiger partial charge >= 0.3 is 5.97 Å². The summed E-state index contributed by atoms with van der Waals surface area (Å²) in [5, 5.41) is 185. The second kappa shape index (κ2) is 27.7. The van der Waals surface area contributed by atoms with E-state index in [-0.39, 0.29) is 34.0 Å². The van der Waals surface area contributed by atoms with E-state index in [1.54, 1.807) is 0 Å². The third kappa shape index (κ3) is 12.9. The van der Waals surface area contributed by atoms with Crippen LogP contribution in [0.5, 0.6) is 0 Å². The fourth-order valence-corrected chi connectivity index (χ4v) is 19.0. The van der Waals surface area contributed by atoms with Crippen LogP contribution in [0.15, 0.2) is 11.6 Å². The normalized spacial score (nSPS) is 54.6. The van der Waals surface area contributed by atoms with Gasteiger partial charge in [-0.2, -0.15) is 0 Å². The molecule has 11 rings (SSSR count). The standard InChI is InChI=1S/C65H106O30/c1-25-36(69)41(74)46(79)55(86-25)92-50-31(22-67)89-53(48(81)44(50)77)85-24-32-40(73)42(75)47(80)56(90-32)95-59(83)65-18-16-60(3,4)20-28(65)27-10-11-34-62(7)14-13-35(61(5,6)33(62)12-15-64(34,9)63(27,8)17-19-65)91-58-52(43(76)39(72)30(21-66)88-58)94-57-49(82)51(37(70)26(2)87-57)93-54-45(78)38(71)29(68)23-84-54/h10,25-26,28-58,66-82H,11-24H2,1-9H3/t25-,26-,28-,29+,30+,31+,32+,33-,34+,35-,36-,37-,38-,39-,40+,41+,42-,43-,44+,45+,46+,47+,48+,49+,50+,51+,52+,53+,54-,55-,56-,57-,58-,62-,63+,64+,65-/m0/s1. The minimum Gasteiger partial charge on any atom is -0.432 e. The van der Waals surface area contributed by atoms with Gasteiger partial charge in [0.2, 0.25) is 6.29 Å². The Kier molecular flexibility index (Phi) is 21.7. The number of allylic oxidation sites excluding steroid dienone is 2. The van der Waals surface area contributed by atoms with Gasteiger partial charge < -0.3 is 144 Å². The van der Waals surface area contributed by atoms with E-state index < -0.39 is 233 Å². The Morgan fingerprint density at radius 3 is 1.74 bits per heavy atom. The number of aliphatic hydroxyl groups is 17. The molecule has 0 radical (unpaired) electrons. The Morgan fingerprint density at radius 1 is 0.495 bits per heavy atom. The van der Waals surface area contributed by atoms with E-state index in [9.17, 15) is 86.8 Å². The predicted molar refractivity (Wildman–Crippen MR) is 319 cm³/mol. The number of carbonyl (C=O) groups excluding carboxylic acids is 1. The Labute approximate surface area is 551 Å². The van der Waals surface area contributed by atoms with Crippen LogP contribution in [0, 0.1) is 50.2 Å². The molecule has 546 valence electrons. The number of hydrogen-bond donors (Lipinski definition) is 17. The first-order chi connectivity index (χ1) is 44.5. The van der Waals surface area contributed by atoms with Crippen molar-refractivity contribution in [1.29, 1.82) is 0 Å². The summed E-state index contributed by atoms with van der Waals surface area (Å²) in [4.78, 5) is 15.3. The molecule has 30 heteroatoms. The van der Waals surface area contributed by atoms with Gasteiger partial charge in [0.05, 0.1) is 50.2 Å². The molecule has 11 aliphatic rings. The number of ether oxygens (including phenoxy) is 12. The van der Waals surface area contributed by atoms with E-state index in [4.69, 9.17) is 56.8 Å². The summed E-state index contributed by atoms with van der Waals surface area (Å²) in [6, 6.07) is 0. The number of aliphatic hydroxyl groups excluding tert-OH is 17. The molecule has 0 aromatic rings. The molecule has 0 bridgehead atoms. The summed E-state index contributed by atoms with van der Waals surface area (Å²) in [5.74, 6) is -0.727. The lowest BCUT2D eigenvalue weighted by molar-refractivity contribution is -0.386. The van der Waals surface area contributed by atoms with Gasteiger partial charge in [-0.15, -0.1) is 0 Å². The maximum Gasteiger partial charge on any atom is 0.315 e. The smallest absolute Gasteiger partial charge is 0.315 e. The van der Waals surface area contributed by atoms with Crippen LogP contribution in [0.2, 0.25) is 0 Å². The minimum atomic E-state index is -1.91. The highest BCUT2D eigenvalue weighted by Crippen LogP contribution is 2.76. The lowest BCUT2D eigenvalue weighted by Gasteiger charge is -2.71. The highest BCUT2D eigenvalue weighted by atomic mass is 16.8. The lowest BCUT2D eigenvalue weighted by Crippen LogP contribution is -2.67. The van der Waals surface area contributed by atoms with Gasteiger partial charge in [-0.1, -0.05) is 60.1 Å². The molecule has 6 heterocycles. The molecular weight excluding hydrogens is 1260 g/mol. The SMILES string of the molecule is C[C@@H]1O[C@@H](O[C@H]2[C@H](O)[C@@H](O)[C@H](OC[C@H]3O[C@@H](OC(=O)[C@]45CCC(C)(C)C[C@H]4C4=CC[C@@H]6[C@@]7(C)CC[C@H](O[C@@H]8O[C@H](CO)[C@H](O)[C@H](O)[C@H]8O[C@@H]8O[C@@H](C)[C@H](O)[C@@H](O[C@@H]9OC[C@@H](O)[C@H](O)[C@H]9O)[C@H]8O)C(C)(C)[C@@H]7CC[C@@]6(C)[C@]4(C)CC5)[C@H](O)[C@@H](O)[C@@H]3O)O[C@@H]2CO)[C@H](O)[C@H](O)[C@H]1O. The Hall–Kier alpha value is -1.91. The van der Waals surface area contributed by atoms with Crippen LogP contribution in [0.3, 0.4) is 0 Å². The number of rotatable bonds is 15. The van der Waals surface area contributed by atoms with Crippen molar-refractivity contribution in [1.82, 2.24) is 0 Å². The summed E-state index contributed by atoms with van der Waals surface area (Å²) in [6.45, 7) is 16.1. The monoisotopic (exact) mass is 1370 g/mol. The Morgan fingerprint density at radius 2 is 1.05 bits per heavy atom. The van der Waals surface area contributed by atoms with Gasteiger partial charge in [0.1, 0.15) is 128 Å². The molecule has 6 saturated heterocycles. The van der Waals surface area contributed by atoms with E-state index in [0.29, 0.717) is 51.4 Å². The van der Waals surface area contributed by atoms with Crippen molar-refractivity contribution in [3.05, 3.63) is 11.6 Å². The molecule has 0 spiro atoms. The second-order valence-electron chi connectivity index (χ2n) is 31.4. The zero-order valence-electron chi connectivity index (χ0n) is 55.4. The quantitative estimate of drug-likeness (QED) is 0.0426. The molecule has 5 aliphatic carbocycles. The molecule has 10 fully saturated rings. The van der Waals surface area contributed by atoms with Crippen LogP contribution in [0.25, 0.3) is 0 Å². The maximum atomic E-state index is 15.3. The molecule has 95 heavy (non-hydrogen) atoms. The van der Waals surface area contributed by atoms with E-state index in [0.717, 1.165) is 12.8 Å². The van der Waals surface area contributed by atoms with Crippen LogP contribution in [-0.2, 0) is 61.6 Å². The van der Waals surface area contributed by atoms with E-state index in [1.165, 1.54) is 19.4 Å². The third-order valence-corrected chi connectivity index (χ3v) is 25.2. The first kappa shape index (κ1) is 74.3. The van der Waals surface area contributed by atoms with Crippen molar-refractivity contribution < 1.29 is 148 Å². The van der Waals surface area contributed by atoms with E-state index in [1.807, 2.05) is 0 Å². The summed E-state index contributed by atoms with van der Waals surface area (Å²) in [5.41, 5.74) is -1.64. The van der Waals surface area contributed by atoms with Crippen molar-refractivity contribution in [2.45, 2.75) is 311 Å². The summed E-state index contributed by atoms with van der Waals surface area (Å²) in [7, 11) is 0. The van der Waals surface area contributed by atoms with Gasteiger partial charge in [-0.3, -0.25) is 4.79 Å². The fraction of sp³-hybridized carbons (Fsp3) is 0.954. The van der Waals surface area contributed by atoms with Crippen LogP contribution < -0.4 is 0 Å². The average molecular weight is 1370 g/mol. The van der Waals surface area contributed by atoms with Gasteiger partial charge in [0, 0.05) is 0 Å². The second-order valence-corrected chi connectivity index (χ2v) is 31.4. The van der Waals surface area contributed by atoms with Gasteiger partial charge in [-0.05, 0) is 123 Å². The summed E-state index contributed by atoms with van der Waals surface area (Å²) in [6.07, 6.45) is -38.6. The molecule has 0 aromatic carbocycles. The first-order valence-corrected chi connectivity index (χ1v) is 34.0. The topological polar surface area (TPSA) is 472 Å². The van der Waals surface area contributed by atoms with Gasteiger partial charge in [-0.25, -0.2) is 0 Å². The number of hydrogen-bond acceptors (Lipinski definition) is 30. The molecule has 30 nitrogen and oxygen atoms in total. The molecule has 0 aromatic heterocycles. The number of fused-ring (bicyclic) bond motifs is 7. The molecule has 0 unspecified atom stereocenters. The van der Waals surface area contributed by atoms with Crippen LogP contribution >= 0.6 is 0 Å². The molecule has 6 aliphatic heterocycles. The maximum absolute atomic E-state index is 15.3. The van der Waals surface area contributed by atoms with Crippen molar-refractivity contribution in [3.63, 3.8) is 0 Å². The predicted octanol–water partition coefficient (Wildman–Crippen LogP) is -3.69. The summed E-state index contributed by atoms with van der Waals surface area (Å²) >= 11 is 0. The van der Waals surface area contributed by atoms with Crippen molar-refractivity contribution in [2.75, 3.05) is 26.4 Å².